The Balaban J connectivity index is 2.55. The molecule has 0 saturated heterocycles. The van der Waals surface area contributed by atoms with Gasteiger partial charge in [-0.2, -0.15) is 0 Å². The van der Waals surface area contributed by atoms with Crippen molar-refractivity contribution in [3.8, 4) is 0 Å². The number of rotatable bonds is 1. The number of imide groups is 1. The molecule has 15 heavy (non-hydrogen) atoms. The van der Waals surface area contributed by atoms with E-state index in [1.54, 1.807) is 6.07 Å². The van der Waals surface area contributed by atoms with Crippen LogP contribution in [-0.4, -0.2) is 17.8 Å². The number of nitrogens with one attached hydrogen (secondary N) is 2. The van der Waals surface area contributed by atoms with E-state index in [0.29, 0.717) is 0 Å². The highest BCUT2D eigenvalue weighted by atomic mass is 16.2. The van der Waals surface area contributed by atoms with Crippen molar-refractivity contribution in [3.63, 3.8) is 0 Å². The molecule has 0 spiro atoms. The Hall–Kier alpha value is -2.37. The van der Waals surface area contributed by atoms with Gasteiger partial charge in [-0.25, -0.2) is 4.79 Å². The normalized spacial score (nSPS) is 13.3. The SMILES string of the molecule is NC(=O)Nc1cccc2c1C(=O)NC2=O. The van der Waals surface area contributed by atoms with Crippen molar-refractivity contribution in [2.24, 2.45) is 5.73 Å². The van der Waals surface area contributed by atoms with Gasteiger partial charge in [0.1, 0.15) is 0 Å². The Bertz CT molecular complexity index is 481. The van der Waals surface area contributed by atoms with Gasteiger partial charge in [0.25, 0.3) is 11.8 Å². The minimum Gasteiger partial charge on any atom is -0.351 e. The maximum Gasteiger partial charge on any atom is 0.316 e. The largest absolute Gasteiger partial charge is 0.351 e. The number of amides is 4. The van der Waals surface area contributed by atoms with Gasteiger partial charge in [-0.1, -0.05) is 6.07 Å². The summed E-state index contributed by atoms with van der Waals surface area (Å²) in [6, 6.07) is 3.78. The van der Waals surface area contributed by atoms with Crippen LogP contribution in [0.5, 0.6) is 0 Å². The fourth-order valence-corrected chi connectivity index (χ4v) is 1.46. The van der Waals surface area contributed by atoms with E-state index >= 15 is 0 Å². The van der Waals surface area contributed by atoms with E-state index in [-0.39, 0.29) is 16.8 Å². The molecule has 0 saturated carbocycles. The Morgan fingerprint density at radius 2 is 2.00 bits per heavy atom. The molecule has 4 N–H and O–H groups in total. The van der Waals surface area contributed by atoms with E-state index in [0.717, 1.165) is 0 Å². The molecule has 0 radical (unpaired) electrons. The van der Waals surface area contributed by atoms with Crippen LogP contribution in [0.15, 0.2) is 18.2 Å². The smallest absolute Gasteiger partial charge is 0.316 e. The molecule has 1 aliphatic rings. The van der Waals surface area contributed by atoms with E-state index in [1.165, 1.54) is 12.1 Å². The predicted octanol–water partition coefficient (Wildman–Crippen LogP) is 0.0608. The summed E-state index contributed by atoms with van der Waals surface area (Å²) in [5.41, 5.74) is 5.57. The van der Waals surface area contributed by atoms with Crippen molar-refractivity contribution in [1.82, 2.24) is 5.32 Å². The zero-order valence-corrected chi connectivity index (χ0v) is 7.53. The topological polar surface area (TPSA) is 101 Å². The molecule has 1 heterocycles. The van der Waals surface area contributed by atoms with Crippen molar-refractivity contribution >= 4 is 23.5 Å². The lowest BCUT2D eigenvalue weighted by molar-refractivity contribution is 0.0880. The first-order chi connectivity index (χ1) is 7.09. The third-order valence-corrected chi connectivity index (χ3v) is 2.02. The van der Waals surface area contributed by atoms with Crippen LogP contribution < -0.4 is 16.4 Å². The van der Waals surface area contributed by atoms with E-state index < -0.39 is 17.8 Å². The van der Waals surface area contributed by atoms with Gasteiger partial charge in [-0.15, -0.1) is 0 Å². The van der Waals surface area contributed by atoms with E-state index in [9.17, 15) is 14.4 Å². The second kappa shape index (κ2) is 3.09. The van der Waals surface area contributed by atoms with Crippen LogP contribution in [0.1, 0.15) is 20.7 Å². The first-order valence-electron chi connectivity index (χ1n) is 4.15. The molecule has 2 rings (SSSR count). The summed E-state index contributed by atoms with van der Waals surface area (Å²) in [7, 11) is 0. The molecule has 1 aromatic carbocycles. The summed E-state index contributed by atoms with van der Waals surface area (Å²) in [5, 5.41) is 4.41. The van der Waals surface area contributed by atoms with Gasteiger partial charge in [0.05, 0.1) is 16.8 Å². The van der Waals surface area contributed by atoms with Crippen molar-refractivity contribution < 1.29 is 14.4 Å². The van der Waals surface area contributed by atoms with Crippen LogP contribution in [0, 0.1) is 0 Å². The Morgan fingerprint density at radius 3 is 2.67 bits per heavy atom. The molecular weight excluding hydrogens is 198 g/mol. The van der Waals surface area contributed by atoms with Gasteiger partial charge < -0.3 is 11.1 Å². The number of fused-ring (bicyclic) bond motifs is 1. The molecule has 0 bridgehead atoms. The van der Waals surface area contributed by atoms with Crippen LogP contribution in [0.2, 0.25) is 0 Å². The van der Waals surface area contributed by atoms with Crippen molar-refractivity contribution in [1.29, 1.82) is 0 Å². The maximum atomic E-state index is 11.4. The highest BCUT2D eigenvalue weighted by molar-refractivity contribution is 6.24. The number of hydrogen-bond donors (Lipinski definition) is 3. The summed E-state index contributed by atoms with van der Waals surface area (Å²) in [5.74, 6) is -0.998. The van der Waals surface area contributed by atoms with Crippen LogP contribution in [0.4, 0.5) is 10.5 Å². The van der Waals surface area contributed by atoms with Gasteiger partial charge in [0.2, 0.25) is 0 Å². The number of nitrogens with two attached hydrogens (primary N) is 1. The highest BCUT2D eigenvalue weighted by Crippen LogP contribution is 2.23. The van der Waals surface area contributed by atoms with Gasteiger partial charge in [0.15, 0.2) is 0 Å². The molecule has 0 unspecified atom stereocenters. The lowest BCUT2D eigenvalue weighted by atomic mass is 10.1. The zero-order chi connectivity index (χ0) is 11.0. The molecule has 6 heteroatoms. The Kier molecular flexibility index (Phi) is 1.89. The number of anilines is 1. The Morgan fingerprint density at radius 1 is 1.27 bits per heavy atom. The molecule has 4 amide bonds. The summed E-state index contributed by atoms with van der Waals surface area (Å²) >= 11 is 0. The standard InChI is InChI=1S/C9H7N3O3/c10-9(15)11-5-3-1-2-4-6(5)8(14)12-7(4)13/h1-3H,(H3,10,11,15)(H,12,13,14). The zero-order valence-electron chi connectivity index (χ0n) is 7.53. The molecule has 0 atom stereocenters. The molecule has 0 aromatic heterocycles. The van der Waals surface area contributed by atoms with Gasteiger partial charge >= 0.3 is 6.03 Å². The van der Waals surface area contributed by atoms with Gasteiger partial charge in [-0.05, 0) is 12.1 Å². The van der Waals surface area contributed by atoms with Gasteiger partial charge in [-0.3, -0.25) is 14.9 Å². The molecule has 6 nitrogen and oxygen atoms in total. The molecule has 1 aromatic rings. The third-order valence-electron chi connectivity index (χ3n) is 2.02. The monoisotopic (exact) mass is 205 g/mol. The lowest BCUT2D eigenvalue weighted by Gasteiger charge is -2.04. The summed E-state index contributed by atoms with van der Waals surface area (Å²) in [6.45, 7) is 0. The first kappa shape index (κ1) is 9.20. The molecule has 1 aliphatic heterocycles. The minimum absolute atomic E-state index is 0.154. The van der Waals surface area contributed by atoms with E-state index in [4.69, 9.17) is 5.73 Å². The number of benzene rings is 1. The van der Waals surface area contributed by atoms with Crippen LogP contribution in [0.3, 0.4) is 0 Å². The number of hydrogen-bond acceptors (Lipinski definition) is 3. The fraction of sp³-hybridized carbons (Fsp3) is 0. The third kappa shape index (κ3) is 1.41. The predicted molar refractivity (Wildman–Crippen MR) is 51.4 cm³/mol. The number of carbonyl (C=O) groups excluding carboxylic acids is 3. The Labute approximate surface area is 84.4 Å². The highest BCUT2D eigenvalue weighted by Gasteiger charge is 2.29. The quantitative estimate of drug-likeness (QED) is 0.565. The average molecular weight is 205 g/mol. The van der Waals surface area contributed by atoms with Crippen molar-refractivity contribution in [2.75, 3.05) is 5.32 Å². The first-order valence-corrected chi connectivity index (χ1v) is 4.15. The maximum absolute atomic E-state index is 11.4. The molecule has 0 fully saturated rings. The molecular formula is C9H7N3O3. The number of carbonyl (C=O) groups is 3. The van der Waals surface area contributed by atoms with Crippen molar-refractivity contribution in [2.45, 2.75) is 0 Å². The summed E-state index contributed by atoms with van der Waals surface area (Å²) < 4.78 is 0. The molecule has 0 aliphatic carbocycles. The molecule has 76 valence electrons. The lowest BCUT2D eigenvalue weighted by Crippen LogP contribution is -2.22. The minimum atomic E-state index is -0.782. The second-order valence-corrected chi connectivity index (χ2v) is 3.00. The van der Waals surface area contributed by atoms with Gasteiger partial charge in [0, 0.05) is 0 Å². The van der Waals surface area contributed by atoms with Crippen LogP contribution >= 0.6 is 0 Å². The van der Waals surface area contributed by atoms with Crippen LogP contribution in [0.25, 0.3) is 0 Å². The van der Waals surface area contributed by atoms with Crippen LogP contribution in [-0.2, 0) is 0 Å². The fourth-order valence-electron chi connectivity index (χ4n) is 1.46. The summed E-state index contributed by atoms with van der Waals surface area (Å²) in [6.07, 6.45) is 0. The summed E-state index contributed by atoms with van der Waals surface area (Å²) in [4.78, 5) is 33.2. The average Bonchev–Trinajstić information content (AvgIpc) is 2.43. The number of primary amides is 1. The van der Waals surface area contributed by atoms with E-state index in [2.05, 4.69) is 10.6 Å². The second-order valence-electron chi connectivity index (χ2n) is 3.00. The number of urea groups is 1. The van der Waals surface area contributed by atoms with E-state index in [1.807, 2.05) is 0 Å². The van der Waals surface area contributed by atoms with Crippen molar-refractivity contribution in [3.05, 3.63) is 29.3 Å².